The van der Waals surface area contributed by atoms with Gasteiger partial charge in [-0.05, 0) is 0 Å². The maximum Gasteiger partial charge on any atom is 0.332 e. The van der Waals surface area contributed by atoms with Crippen LogP contribution in [0.3, 0.4) is 0 Å². The van der Waals surface area contributed by atoms with Crippen LogP contribution in [-0.2, 0) is 51.9 Å². The molecule has 0 saturated heterocycles. The highest BCUT2D eigenvalue weighted by Gasteiger charge is 2.24. The highest BCUT2D eigenvalue weighted by atomic mass is 16.6. The topological polar surface area (TPSA) is 176 Å². The van der Waals surface area contributed by atoms with E-state index in [0.717, 1.165) is 18.3 Å². The summed E-state index contributed by atoms with van der Waals surface area (Å²) in [6.45, 7) is 0. The molecule has 0 N–H and O–H groups in total. The number of hydrogen-bond donors (Lipinski definition) is 0. The van der Waals surface area contributed by atoms with Crippen LogP contribution in [0.2, 0.25) is 0 Å². The zero-order valence-corrected chi connectivity index (χ0v) is 19.6. The van der Waals surface area contributed by atoms with Crippen molar-refractivity contribution in [3.05, 3.63) is 41.7 Å². The minimum atomic E-state index is -1.06. The Hall–Kier alpha value is -4.76. The molecule has 0 atom stereocenters. The first-order chi connectivity index (χ1) is 16.3. The number of aromatic nitrogens is 8. The van der Waals surface area contributed by atoms with Gasteiger partial charge < -0.3 is 9.47 Å². The first-order valence-electron chi connectivity index (χ1n) is 10.0. The molecule has 0 spiro atoms. The van der Waals surface area contributed by atoms with Crippen LogP contribution in [0.25, 0.3) is 22.3 Å². The molecule has 0 bridgehead atoms. The molecule has 0 unspecified atom stereocenters. The zero-order chi connectivity index (χ0) is 25.9. The van der Waals surface area contributed by atoms with E-state index in [1.807, 2.05) is 0 Å². The largest absolute Gasteiger partial charge is 0.392 e. The number of nitrogens with zero attached hydrogens (tertiary/aromatic N) is 8. The van der Waals surface area contributed by atoms with Crippen molar-refractivity contribution in [2.45, 2.75) is 6.42 Å². The molecule has 0 aliphatic heterocycles. The van der Waals surface area contributed by atoms with Crippen LogP contribution in [0.15, 0.2) is 19.2 Å². The zero-order valence-electron chi connectivity index (χ0n) is 19.6. The fourth-order valence-electron chi connectivity index (χ4n) is 3.57. The molecular formula is C19H20N8O8. The van der Waals surface area contributed by atoms with Crippen LogP contribution < -0.4 is 32.0 Å². The number of hydrogen-bond acceptors (Lipinski definition) is 10. The van der Waals surface area contributed by atoms with E-state index in [-0.39, 0.29) is 34.3 Å². The van der Waals surface area contributed by atoms with Crippen molar-refractivity contribution in [2.24, 2.45) is 42.3 Å². The van der Waals surface area contributed by atoms with E-state index in [0.29, 0.717) is 0 Å². The summed E-state index contributed by atoms with van der Waals surface area (Å²) in [7, 11) is 8.22. The number of carbonyl (C=O) groups is 2. The molecule has 0 aliphatic carbocycles. The molecule has 4 aromatic rings. The molecule has 184 valence electrons. The smallest absolute Gasteiger partial charge is 0.332 e. The van der Waals surface area contributed by atoms with Crippen LogP contribution >= 0.6 is 0 Å². The first-order valence-corrected chi connectivity index (χ1v) is 10.0. The molecule has 0 radical (unpaired) electrons. The lowest BCUT2D eigenvalue weighted by Crippen LogP contribution is -2.37. The van der Waals surface area contributed by atoms with Crippen molar-refractivity contribution in [1.82, 2.24) is 37.4 Å². The minimum Gasteiger partial charge on any atom is -0.392 e. The number of carbonyl (C=O) groups excluding carboxylic acids is 2. The second kappa shape index (κ2) is 7.93. The van der Waals surface area contributed by atoms with E-state index >= 15 is 0 Å². The lowest BCUT2D eigenvalue weighted by Gasteiger charge is -2.05. The molecule has 4 heterocycles. The van der Waals surface area contributed by atoms with Crippen molar-refractivity contribution in [3.8, 4) is 12.0 Å². The third kappa shape index (κ3) is 3.46. The number of fused-ring (bicyclic) bond motifs is 2. The predicted octanol–water partition coefficient (Wildman–Crippen LogP) is -2.84. The van der Waals surface area contributed by atoms with E-state index in [1.54, 1.807) is 0 Å². The molecular weight excluding hydrogens is 468 g/mol. The van der Waals surface area contributed by atoms with Gasteiger partial charge in [0.05, 0.1) is 0 Å². The summed E-state index contributed by atoms with van der Waals surface area (Å²) < 4.78 is 16.6. The summed E-state index contributed by atoms with van der Waals surface area (Å²) in [6, 6.07) is -0.616. The van der Waals surface area contributed by atoms with Gasteiger partial charge in [-0.25, -0.2) is 9.59 Å². The Balaban J connectivity index is 1.58. The second-order valence-corrected chi connectivity index (χ2v) is 7.79. The highest BCUT2D eigenvalue weighted by Crippen LogP contribution is 2.18. The Morgan fingerprint density at radius 1 is 0.600 bits per heavy atom. The SMILES string of the molecule is Cn1c(=O)c2c(nc(OC(=O)CC(=O)Oc3nc4c(c(=O)n(C)c(=O)n4C)n3C)n2C)n(C)c1=O. The second-order valence-electron chi connectivity index (χ2n) is 7.79. The van der Waals surface area contributed by atoms with E-state index in [4.69, 9.17) is 9.47 Å². The van der Waals surface area contributed by atoms with Crippen molar-refractivity contribution < 1.29 is 19.1 Å². The van der Waals surface area contributed by atoms with Gasteiger partial charge in [-0.15, -0.1) is 0 Å². The highest BCUT2D eigenvalue weighted by molar-refractivity contribution is 5.93. The van der Waals surface area contributed by atoms with Gasteiger partial charge in [-0.3, -0.25) is 46.6 Å². The van der Waals surface area contributed by atoms with Gasteiger partial charge >= 0.3 is 35.3 Å². The van der Waals surface area contributed by atoms with Gasteiger partial charge in [-0.2, -0.15) is 9.97 Å². The number of aryl methyl sites for hydroxylation is 4. The third-order valence-electron chi connectivity index (χ3n) is 5.57. The normalized spacial score (nSPS) is 11.4. The molecule has 0 fully saturated rings. The van der Waals surface area contributed by atoms with Gasteiger partial charge in [0, 0.05) is 42.3 Å². The van der Waals surface area contributed by atoms with Gasteiger partial charge in [0.25, 0.3) is 11.1 Å². The van der Waals surface area contributed by atoms with Crippen LogP contribution in [-0.4, -0.2) is 49.3 Å². The fourth-order valence-corrected chi connectivity index (χ4v) is 3.57. The van der Waals surface area contributed by atoms with Gasteiger partial charge in [0.2, 0.25) is 0 Å². The van der Waals surface area contributed by atoms with Gasteiger partial charge in [0.1, 0.15) is 6.42 Å². The molecule has 4 rings (SSSR count). The molecule has 35 heavy (non-hydrogen) atoms. The molecule has 16 nitrogen and oxygen atoms in total. The maximum atomic E-state index is 12.4. The van der Waals surface area contributed by atoms with Crippen LogP contribution in [0, 0.1) is 0 Å². The maximum absolute atomic E-state index is 12.4. The predicted molar refractivity (Wildman–Crippen MR) is 118 cm³/mol. The van der Waals surface area contributed by atoms with E-state index in [2.05, 4.69) is 9.97 Å². The van der Waals surface area contributed by atoms with Crippen molar-refractivity contribution in [2.75, 3.05) is 0 Å². The van der Waals surface area contributed by atoms with Crippen LogP contribution in [0.1, 0.15) is 6.42 Å². The van der Waals surface area contributed by atoms with Crippen LogP contribution in [0.4, 0.5) is 0 Å². The molecule has 16 heteroatoms. The first kappa shape index (κ1) is 23.4. The third-order valence-corrected chi connectivity index (χ3v) is 5.57. The summed E-state index contributed by atoms with van der Waals surface area (Å²) in [6.07, 6.45) is -0.861. The molecule has 0 amide bonds. The number of esters is 2. The lowest BCUT2D eigenvalue weighted by molar-refractivity contribution is -0.144. The Kier molecular flexibility index (Phi) is 5.30. The average Bonchev–Trinajstić information content (AvgIpc) is 3.30. The lowest BCUT2D eigenvalue weighted by atomic mass is 10.4. The molecule has 0 aromatic carbocycles. The summed E-state index contributed by atoms with van der Waals surface area (Å²) in [5.74, 6) is -2.12. The number of ether oxygens (including phenoxy) is 2. The van der Waals surface area contributed by atoms with E-state index in [9.17, 15) is 28.8 Å². The quantitative estimate of drug-likeness (QED) is 0.215. The Labute approximate surface area is 193 Å². The monoisotopic (exact) mass is 488 g/mol. The average molecular weight is 488 g/mol. The summed E-state index contributed by atoms with van der Waals surface area (Å²) in [5.41, 5.74) is -2.47. The number of rotatable bonds is 4. The Morgan fingerprint density at radius 2 is 0.943 bits per heavy atom. The van der Waals surface area contributed by atoms with E-state index in [1.165, 1.54) is 51.4 Å². The van der Waals surface area contributed by atoms with Crippen LogP contribution in [0.5, 0.6) is 12.0 Å². The molecule has 4 aromatic heterocycles. The number of imidazole rings is 2. The Bertz CT molecular complexity index is 1680. The van der Waals surface area contributed by atoms with Crippen molar-refractivity contribution >= 4 is 34.3 Å². The van der Waals surface area contributed by atoms with Gasteiger partial charge in [-0.1, -0.05) is 0 Å². The summed E-state index contributed by atoms with van der Waals surface area (Å²) in [4.78, 5) is 81.8. The van der Waals surface area contributed by atoms with Gasteiger partial charge in [0.15, 0.2) is 22.3 Å². The van der Waals surface area contributed by atoms with E-state index < -0.39 is 40.9 Å². The van der Waals surface area contributed by atoms with Crippen molar-refractivity contribution in [1.29, 1.82) is 0 Å². The Morgan fingerprint density at radius 3 is 1.29 bits per heavy atom. The summed E-state index contributed by atoms with van der Waals surface area (Å²) in [5, 5.41) is 0. The summed E-state index contributed by atoms with van der Waals surface area (Å²) >= 11 is 0. The van der Waals surface area contributed by atoms with Crippen molar-refractivity contribution in [3.63, 3.8) is 0 Å². The molecule has 0 aliphatic rings. The minimum absolute atomic E-state index is 0.00197. The fraction of sp³-hybridized carbons (Fsp3) is 0.368. The standard InChI is InChI=1S/C19H20N8O8/c1-22-10-12(24(3)18(32)26(5)14(10)30)20-16(22)34-8(28)7-9(29)35-17-21-13-11(23(17)2)15(31)27(6)19(33)25(13)4/h7H2,1-6H3. The molecule has 0 saturated carbocycles.